The molecule has 5 N–H and O–H groups in total. The lowest BCUT2D eigenvalue weighted by Gasteiger charge is -1.80. The number of ketones is 3. The van der Waals surface area contributed by atoms with Gasteiger partial charge in [0, 0.05) is 29.6 Å². The molecule has 0 aliphatic rings. The van der Waals surface area contributed by atoms with Gasteiger partial charge in [0.2, 0.25) is 0 Å². The van der Waals surface area contributed by atoms with Gasteiger partial charge < -0.3 is 25.5 Å². The number of carbonyl (C=O) groups excluding carboxylic acids is 3. The van der Waals surface area contributed by atoms with E-state index in [0.717, 1.165) is 0 Å². The van der Waals surface area contributed by atoms with Crippen LogP contribution in [-0.4, -0.2) is 90.4 Å². The first-order valence-corrected chi connectivity index (χ1v) is 8.34. The van der Waals surface area contributed by atoms with Gasteiger partial charge in [0.05, 0.1) is 0 Å². The lowest BCUT2D eigenvalue weighted by molar-refractivity contribution is -0.141. The van der Waals surface area contributed by atoms with E-state index in [4.69, 9.17) is 25.5 Å². The predicted molar refractivity (Wildman–Crippen MR) is 109 cm³/mol. The SMILES string of the molecule is CC(=O)CC(=O)O.CC(=O)CC(=O)O.CC(=O)CC(=O)O.CC(C)O.CC(C)O.[Al]. The van der Waals surface area contributed by atoms with Crippen molar-refractivity contribution in [3.63, 3.8) is 0 Å². The topological polar surface area (TPSA) is 204 Å². The molecule has 0 aliphatic heterocycles. The number of hydrogen-bond acceptors (Lipinski definition) is 8. The van der Waals surface area contributed by atoms with Crippen molar-refractivity contribution in [1.82, 2.24) is 0 Å². The maximum Gasteiger partial charge on any atom is 0.310 e. The Labute approximate surface area is 187 Å². The summed E-state index contributed by atoms with van der Waals surface area (Å²) in [6, 6.07) is 0. The molecule has 0 bridgehead atoms. The fourth-order valence-corrected chi connectivity index (χ4v) is 0.639. The van der Waals surface area contributed by atoms with E-state index < -0.39 is 17.9 Å². The molecule has 12 heteroatoms. The second kappa shape index (κ2) is 29.1. The first kappa shape index (κ1) is 42.1. The number of Topliss-reactive ketones (excluding diaryl/α,β-unsaturated/α-hetero) is 3. The third-order valence-corrected chi connectivity index (χ3v) is 1.20. The van der Waals surface area contributed by atoms with Crippen LogP contribution in [0.4, 0.5) is 0 Å². The highest BCUT2D eigenvalue weighted by atomic mass is 27.0. The Bertz CT molecular complexity index is 391. The molecule has 0 spiro atoms. The number of rotatable bonds is 6. The van der Waals surface area contributed by atoms with E-state index in [1.165, 1.54) is 20.8 Å². The molecular formula is C18H34AlO11. The van der Waals surface area contributed by atoms with Gasteiger partial charge in [-0.2, -0.15) is 0 Å². The Balaban J connectivity index is -0.0000000608. The van der Waals surface area contributed by atoms with Crippen LogP contribution in [0.2, 0.25) is 0 Å². The zero-order valence-corrected chi connectivity index (χ0v) is 19.7. The zero-order chi connectivity index (χ0) is 24.7. The van der Waals surface area contributed by atoms with Gasteiger partial charge in [-0.15, -0.1) is 0 Å². The Morgan fingerprint density at radius 3 is 0.633 bits per heavy atom. The van der Waals surface area contributed by atoms with Gasteiger partial charge in [-0.05, 0) is 48.5 Å². The van der Waals surface area contributed by atoms with Gasteiger partial charge in [-0.3, -0.25) is 28.8 Å². The second-order valence-corrected chi connectivity index (χ2v) is 6.01. The highest BCUT2D eigenvalue weighted by Crippen LogP contribution is 1.78. The molecule has 0 amide bonds. The van der Waals surface area contributed by atoms with Crippen molar-refractivity contribution in [3.8, 4) is 0 Å². The maximum atomic E-state index is 9.87. The molecule has 0 aliphatic carbocycles. The van der Waals surface area contributed by atoms with Crippen LogP contribution in [0.1, 0.15) is 67.7 Å². The average Bonchev–Trinajstić information content (AvgIpc) is 2.32. The third-order valence-electron chi connectivity index (χ3n) is 1.20. The maximum absolute atomic E-state index is 9.87. The number of aliphatic hydroxyl groups excluding tert-OH is 2. The van der Waals surface area contributed by atoms with Crippen molar-refractivity contribution < 1.29 is 54.3 Å². The van der Waals surface area contributed by atoms with Gasteiger partial charge in [0.1, 0.15) is 36.6 Å². The predicted octanol–water partition coefficient (Wildman–Crippen LogP) is 0.544. The van der Waals surface area contributed by atoms with Gasteiger partial charge in [0.25, 0.3) is 0 Å². The fraction of sp³-hybridized carbons (Fsp3) is 0.667. The number of carbonyl (C=O) groups is 6. The van der Waals surface area contributed by atoms with Crippen molar-refractivity contribution in [2.45, 2.75) is 79.9 Å². The molecule has 0 aromatic rings. The van der Waals surface area contributed by atoms with Crippen LogP contribution in [0.15, 0.2) is 0 Å². The van der Waals surface area contributed by atoms with Crippen LogP contribution < -0.4 is 0 Å². The Kier molecular flexibility index (Phi) is 40.8. The summed E-state index contributed by atoms with van der Waals surface area (Å²) in [6.07, 6.45) is -1.42. The van der Waals surface area contributed by atoms with Crippen LogP contribution in [0, 0.1) is 0 Å². The van der Waals surface area contributed by atoms with Gasteiger partial charge in [-0.25, -0.2) is 0 Å². The first-order chi connectivity index (χ1) is 12.8. The smallest absolute Gasteiger partial charge is 0.310 e. The minimum atomic E-state index is -1.06. The molecule has 0 heterocycles. The molecule has 175 valence electrons. The molecule has 0 aromatic heterocycles. The summed E-state index contributed by atoms with van der Waals surface area (Å²) >= 11 is 0. The van der Waals surface area contributed by atoms with E-state index in [1.807, 2.05) is 0 Å². The molecule has 0 saturated carbocycles. The number of carboxylic acids is 3. The van der Waals surface area contributed by atoms with Crippen molar-refractivity contribution in [1.29, 1.82) is 0 Å². The quantitative estimate of drug-likeness (QED) is 0.277. The van der Waals surface area contributed by atoms with E-state index in [0.29, 0.717) is 0 Å². The summed E-state index contributed by atoms with van der Waals surface area (Å²) in [5, 5.41) is 39.7. The minimum Gasteiger partial charge on any atom is -0.481 e. The van der Waals surface area contributed by atoms with Crippen LogP contribution in [0.5, 0.6) is 0 Å². The summed E-state index contributed by atoms with van der Waals surface area (Å²) in [4.78, 5) is 58.4. The van der Waals surface area contributed by atoms with Crippen molar-refractivity contribution >= 4 is 52.6 Å². The molecule has 0 rings (SSSR count). The average molecular weight is 453 g/mol. The molecule has 3 radical (unpaired) electrons. The van der Waals surface area contributed by atoms with Crippen molar-refractivity contribution in [3.05, 3.63) is 0 Å². The van der Waals surface area contributed by atoms with E-state index in [2.05, 4.69) is 0 Å². The van der Waals surface area contributed by atoms with Crippen molar-refractivity contribution in [2.75, 3.05) is 0 Å². The summed E-state index contributed by atoms with van der Waals surface area (Å²) < 4.78 is 0. The normalized spacial score (nSPS) is 8.10. The van der Waals surface area contributed by atoms with Gasteiger partial charge >= 0.3 is 17.9 Å². The van der Waals surface area contributed by atoms with Crippen LogP contribution in [-0.2, 0) is 28.8 Å². The van der Waals surface area contributed by atoms with E-state index in [1.54, 1.807) is 27.7 Å². The van der Waals surface area contributed by atoms with Crippen LogP contribution >= 0.6 is 0 Å². The van der Waals surface area contributed by atoms with Gasteiger partial charge in [-0.1, -0.05) is 0 Å². The zero-order valence-electron chi connectivity index (χ0n) is 18.5. The highest BCUT2D eigenvalue weighted by molar-refractivity contribution is 5.93. The number of carboxylic acid groups (broad SMARTS) is 3. The molecule has 30 heavy (non-hydrogen) atoms. The fourth-order valence-electron chi connectivity index (χ4n) is 0.639. The molecule has 0 fully saturated rings. The van der Waals surface area contributed by atoms with Gasteiger partial charge in [0.15, 0.2) is 0 Å². The number of hydrogen-bond donors (Lipinski definition) is 5. The molecule has 0 unspecified atom stereocenters. The van der Waals surface area contributed by atoms with E-state index in [9.17, 15) is 28.8 Å². The summed E-state index contributed by atoms with van der Waals surface area (Å²) in [6.45, 7) is 10.6. The second-order valence-electron chi connectivity index (χ2n) is 6.01. The molecule has 0 aromatic carbocycles. The molecule has 0 saturated heterocycles. The standard InChI is InChI=1S/3C4H6O3.2C3H8O.Al/c3*1-3(5)2-4(6)7;2*1-3(2)4;/h3*2H2,1H3,(H,6,7);2*3-4H,1-2H3;. The minimum absolute atomic E-state index is 0. The lowest BCUT2D eigenvalue weighted by Crippen LogP contribution is -2.00. The lowest BCUT2D eigenvalue weighted by atomic mass is 10.3. The van der Waals surface area contributed by atoms with E-state index in [-0.39, 0.29) is 66.2 Å². The molecule has 0 atom stereocenters. The molecule has 11 nitrogen and oxygen atoms in total. The van der Waals surface area contributed by atoms with Crippen molar-refractivity contribution in [2.24, 2.45) is 0 Å². The van der Waals surface area contributed by atoms with E-state index >= 15 is 0 Å². The Morgan fingerprint density at radius 2 is 0.633 bits per heavy atom. The Hall–Kier alpha value is -2.13. The van der Waals surface area contributed by atoms with Crippen LogP contribution in [0.3, 0.4) is 0 Å². The number of aliphatic carboxylic acids is 3. The first-order valence-electron chi connectivity index (χ1n) is 8.34. The molecular weight excluding hydrogens is 419 g/mol. The van der Waals surface area contributed by atoms with Crippen LogP contribution in [0.25, 0.3) is 0 Å². The number of aliphatic hydroxyl groups is 2. The Morgan fingerprint density at radius 1 is 0.533 bits per heavy atom. The third kappa shape index (κ3) is 164. The highest BCUT2D eigenvalue weighted by Gasteiger charge is 1.99. The summed E-state index contributed by atoms with van der Waals surface area (Å²) in [5.74, 6) is -4.12. The summed E-state index contributed by atoms with van der Waals surface area (Å²) in [7, 11) is 0. The largest absolute Gasteiger partial charge is 0.481 e. The monoisotopic (exact) mass is 453 g/mol. The summed E-state index contributed by atoms with van der Waals surface area (Å²) in [5.41, 5.74) is 0.